The summed E-state index contributed by atoms with van der Waals surface area (Å²) in [6.45, 7) is 2.12. The molecular formula is C19H23N3O2S. The summed E-state index contributed by atoms with van der Waals surface area (Å²) in [4.78, 5) is 27.9. The molecule has 0 aliphatic heterocycles. The van der Waals surface area contributed by atoms with Gasteiger partial charge in [0.15, 0.2) is 4.77 Å². The lowest BCUT2D eigenvalue weighted by atomic mass is 9.84. The third kappa shape index (κ3) is 2.82. The number of carbonyl (C=O) groups excluding carboxylic acids is 1. The molecule has 1 aromatic carbocycles. The number of aromatic amines is 1. The number of hydrogen-bond donors (Lipinski definition) is 2. The van der Waals surface area contributed by atoms with Crippen LogP contribution in [0.4, 0.5) is 0 Å². The molecule has 4 atom stereocenters. The molecule has 0 unspecified atom stereocenters. The molecule has 2 bridgehead atoms. The molecular weight excluding hydrogens is 334 g/mol. The highest BCUT2D eigenvalue weighted by Crippen LogP contribution is 2.49. The van der Waals surface area contributed by atoms with Crippen LogP contribution in [0, 0.1) is 22.5 Å². The molecule has 1 amide bonds. The van der Waals surface area contributed by atoms with Crippen molar-refractivity contribution in [2.75, 3.05) is 0 Å². The fourth-order valence-corrected chi connectivity index (χ4v) is 4.94. The lowest BCUT2D eigenvalue weighted by Gasteiger charge is -2.28. The van der Waals surface area contributed by atoms with E-state index >= 15 is 0 Å². The molecule has 5 nitrogen and oxygen atoms in total. The van der Waals surface area contributed by atoms with E-state index in [1.807, 2.05) is 0 Å². The van der Waals surface area contributed by atoms with Gasteiger partial charge in [0.1, 0.15) is 0 Å². The predicted octanol–water partition coefficient (Wildman–Crippen LogP) is 3.15. The highest BCUT2D eigenvalue weighted by atomic mass is 32.1. The van der Waals surface area contributed by atoms with E-state index in [9.17, 15) is 9.59 Å². The number of fused-ring (bicyclic) bond motifs is 3. The van der Waals surface area contributed by atoms with Crippen LogP contribution in [0.3, 0.4) is 0 Å². The number of nitrogens with one attached hydrogen (secondary N) is 2. The molecule has 2 saturated carbocycles. The van der Waals surface area contributed by atoms with Crippen molar-refractivity contribution in [3.63, 3.8) is 0 Å². The topological polar surface area (TPSA) is 66.9 Å². The summed E-state index contributed by atoms with van der Waals surface area (Å²) < 4.78 is 1.75. The lowest BCUT2D eigenvalue weighted by Crippen LogP contribution is -2.40. The Morgan fingerprint density at radius 2 is 2.16 bits per heavy atom. The molecule has 0 radical (unpaired) electrons. The standard InChI is InChI=1S/C19H23N3O2S/c1-10(15-8-11-3-4-12(15)7-11)20-17(23)13-5-6-14-16(9-13)21-19(25)22(2)18(14)24/h5-6,9-12,15H,3-4,7-8H2,1-2H3,(H,20,23)(H,21,25)/t10-,11+,12+,15-/m1/s1. The smallest absolute Gasteiger partial charge is 0.261 e. The van der Waals surface area contributed by atoms with E-state index in [-0.39, 0.29) is 17.5 Å². The number of amides is 1. The quantitative estimate of drug-likeness (QED) is 0.829. The van der Waals surface area contributed by atoms with Crippen molar-refractivity contribution in [1.82, 2.24) is 14.9 Å². The molecule has 2 aromatic rings. The van der Waals surface area contributed by atoms with Crippen LogP contribution in [-0.4, -0.2) is 21.5 Å². The van der Waals surface area contributed by atoms with Crippen LogP contribution in [0.5, 0.6) is 0 Å². The van der Waals surface area contributed by atoms with Gasteiger partial charge < -0.3 is 10.3 Å². The van der Waals surface area contributed by atoms with E-state index in [4.69, 9.17) is 12.2 Å². The Labute approximate surface area is 151 Å². The molecule has 1 heterocycles. The maximum atomic E-state index is 12.7. The van der Waals surface area contributed by atoms with E-state index in [0.717, 1.165) is 11.8 Å². The molecule has 0 spiro atoms. The van der Waals surface area contributed by atoms with Crippen LogP contribution in [0.2, 0.25) is 0 Å². The van der Waals surface area contributed by atoms with Gasteiger partial charge in [-0.1, -0.05) is 6.42 Å². The predicted molar refractivity (Wildman–Crippen MR) is 100 cm³/mol. The Morgan fingerprint density at radius 1 is 1.36 bits per heavy atom. The van der Waals surface area contributed by atoms with Gasteiger partial charge in [0, 0.05) is 18.7 Å². The molecule has 2 aliphatic rings. The second-order valence-electron chi connectivity index (χ2n) is 7.66. The number of rotatable bonds is 3. The van der Waals surface area contributed by atoms with Crippen molar-refractivity contribution < 1.29 is 4.79 Å². The molecule has 1 aromatic heterocycles. The molecule has 2 aliphatic carbocycles. The summed E-state index contributed by atoms with van der Waals surface area (Å²) in [5.74, 6) is 2.15. The van der Waals surface area contributed by atoms with Gasteiger partial charge in [0.2, 0.25) is 0 Å². The largest absolute Gasteiger partial charge is 0.349 e. The van der Waals surface area contributed by atoms with E-state index in [2.05, 4.69) is 17.2 Å². The van der Waals surface area contributed by atoms with Crippen LogP contribution in [0.25, 0.3) is 10.9 Å². The summed E-state index contributed by atoms with van der Waals surface area (Å²) in [6, 6.07) is 5.31. The first-order chi connectivity index (χ1) is 11.9. The van der Waals surface area contributed by atoms with E-state index in [1.165, 1.54) is 30.3 Å². The number of nitrogens with zero attached hydrogens (tertiary/aromatic N) is 1. The van der Waals surface area contributed by atoms with Gasteiger partial charge in [-0.05, 0) is 74.4 Å². The Hall–Kier alpha value is -1.95. The summed E-state index contributed by atoms with van der Waals surface area (Å²) >= 11 is 5.16. The van der Waals surface area contributed by atoms with Crippen molar-refractivity contribution in [3.8, 4) is 0 Å². The minimum Gasteiger partial charge on any atom is -0.349 e. The zero-order chi connectivity index (χ0) is 17.7. The summed E-state index contributed by atoms with van der Waals surface area (Å²) in [5, 5.41) is 3.70. The van der Waals surface area contributed by atoms with Crippen LogP contribution in [0.1, 0.15) is 43.0 Å². The molecule has 4 rings (SSSR count). The Balaban J connectivity index is 1.57. The first kappa shape index (κ1) is 16.5. The fraction of sp³-hybridized carbons (Fsp3) is 0.526. The second kappa shape index (κ2) is 6.09. The van der Waals surface area contributed by atoms with Crippen molar-refractivity contribution in [3.05, 3.63) is 38.9 Å². The van der Waals surface area contributed by atoms with Crippen molar-refractivity contribution in [1.29, 1.82) is 0 Å². The normalized spacial score (nSPS) is 26.1. The van der Waals surface area contributed by atoms with Crippen LogP contribution in [0.15, 0.2) is 23.0 Å². The molecule has 6 heteroatoms. The Kier molecular flexibility index (Phi) is 4.02. The van der Waals surface area contributed by atoms with Crippen molar-refractivity contribution in [2.24, 2.45) is 24.8 Å². The molecule has 132 valence electrons. The number of hydrogen-bond acceptors (Lipinski definition) is 3. The van der Waals surface area contributed by atoms with Crippen LogP contribution >= 0.6 is 12.2 Å². The van der Waals surface area contributed by atoms with Crippen molar-refractivity contribution in [2.45, 2.75) is 38.6 Å². The maximum absolute atomic E-state index is 12.7. The first-order valence-electron chi connectivity index (χ1n) is 8.98. The highest BCUT2D eigenvalue weighted by molar-refractivity contribution is 7.71. The minimum atomic E-state index is -0.152. The summed E-state index contributed by atoms with van der Waals surface area (Å²) in [6.07, 6.45) is 5.25. The third-order valence-electron chi connectivity index (χ3n) is 6.16. The zero-order valence-corrected chi connectivity index (χ0v) is 15.4. The minimum absolute atomic E-state index is 0.0860. The number of benzene rings is 1. The summed E-state index contributed by atoms with van der Waals surface area (Å²) in [5.41, 5.74) is 1.01. The number of aromatic nitrogens is 2. The lowest BCUT2D eigenvalue weighted by molar-refractivity contribution is 0.0915. The average Bonchev–Trinajstić information content (AvgIpc) is 3.22. The fourth-order valence-electron chi connectivity index (χ4n) is 4.75. The van der Waals surface area contributed by atoms with E-state index < -0.39 is 0 Å². The average molecular weight is 357 g/mol. The van der Waals surface area contributed by atoms with Gasteiger partial charge >= 0.3 is 0 Å². The van der Waals surface area contributed by atoms with Gasteiger partial charge in [-0.25, -0.2) is 0 Å². The summed E-state index contributed by atoms with van der Waals surface area (Å²) in [7, 11) is 1.64. The monoisotopic (exact) mass is 357 g/mol. The van der Waals surface area contributed by atoms with Gasteiger partial charge in [0.25, 0.3) is 11.5 Å². The molecule has 2 fully saturated rings. The highest BCUT2D eigenvalue weighted by Gasteiger charge is 2.42. The maximum Gasteiger partial charge on any atom is 0.261 e. The zero-order valence-electron chi connectivity index (χ0n) is 14.5. The van der Waals surface area contributed by atoms with Gasteiger partial charge in [-0.15, -0.1) is 0 Å². The van der Waals surface area contributed by atoms with Gasteiger partial charge in [-0.3, -0.25) is 14.2 Å². The molecule has 25 heavy (non-hydrogen) atoms. The van der Waals surface area contributed by atoms with Gasteiger partial charge in [0.05, 0.1) is 10.9 Å². The second-order valence-corrected chi connectivity index (χ2v) is 8.04. The number of carbonyl (C=O) groups is 1. The van der Waals surface area contributed by atoms with Gasteiger partial charge in [-0.2, -0.15) is 0 Å². The first-order valence-corrected chi connectivity index (χ1v) is 9.39. The van der Waals surface area contributed by atoms with E-state index in [1.54, 1.807) is 25.2 Å². The van der Waals surface area contributed by atoms with Crippen LogP contribution in [-0.2, 0) is 7.05 Å². The van der Waals surface area contributed by atoms with Crippen LogP contribution < -0.4 is 10.9 Å². The SMILES string of the molecule is C[C@@H](NC(=O)c1ccc2c(=O)n(C)c(=S)[nH]c2c1)[C@H]1C[C@H]2CC[C@H]1C2. The molecule has 0 saturated heterocycles. The Morgan fingerprint density at radius 3 is 2.84 bits per heavy atom. The van der Waals surface area contributed by atoms with Crippen molar-refractivity contribution >= 4 is 29.0 Å². The Bertz CT molecular complexity index is 961. The third-order valence-corrected chi connectivity index (χ3v) is 6.53. The number of H-pyrrole nitrogens is 1. The molecule has 2 N–H and O–H groups in total. The van der Waals surface area contributed by atoms with E-state index in [0.29, 0.717) is 27.2 Å².